The van der Waals surface area contributed by atoms with E-state index in [2.05, 4.69) is 26.6 Å². The van der Waals surface area contributed by atoms with Gasteiger partial charge in [-0.1, -0.05) is 35.2 Å². The Morgan fingerprint density at radius 2 is 1.92 bits per heavy atom. The molecule has 2 N–H and O–H groups in total. The van der Waals surface area contributed by atoms with Gasteiger partial charge in [-0.05, 0) is 37.0 Å². The Morgan fingerprint density at radius 3 is 2.72 bits per heavy atom. The Morgan fingerprint density at radius 1 is 1.12 bits per heavy atom. The molecule has 1 unspecified atom stereocenters. The molecule has 136 valence electrons. The maximum absolute atomic E-state index is 12.2. The third-order valence-corrected chi connectivity index (χ3v) is 5.48. The topological polar surface area (TPSA) is 67.4 Å². The van der Waals surface area contributed by atoms with Crippen LogP contribution in [0.3, 0.4) is 0 Å². The fourth-order valence-electron chi connectivity index (χ4n) is 3.67. The number of benzene rings is 1. The van der Waals surface area contributed by atoms with E-state index in [0.29, 0.717) is 18.9 Å². The van der Waals surface area contributed by atoms with E-state index in [1.54, 1.807) is 0 Å². The zero-order valence-corrected chi connectivity index (χ0v) is 15.9. The minimum Gasteiger partial charge on any atom is -0.493 e. The molecule has 5 nitrogen and oxygen atoms in total. The van der Waals surface area contributed by atoms with Crippen molar-refractivity contribution in [2.24, 2.45) is 5.92 Å². The minimum absolute atomic E-state index is 0.0165. The third kappa shape index (κ3) is 5.21. The lowest BCUT2D eigenvalue weighted by Crippen LogP contribution is -2.40. The molecule has 1 aromatic rings. The molecular formula is C19H25BrN2O3. The lowest BCUT2D eigenvalue weighted by molar-refractivity contribution is -0.127. The Bertz CT molecular complexity index is 629. The molecule has 0 spiro atoms. The molecule has 2 amide bonds. The Kier molecular flexibility index (Phi) is 6.34. The molecule has 0 bridgehead atoms. The highest BCUT2D eigenvalue weighted by Crippen LogP contribution is 2.34. The highest BCUT2D eigenvalue weighted by molar-refractivity contribution is 9.10. The predicted octanol–water partition coefficient (Wildman–Crippen LogP) is 3.48. The van der Waals surface area contributed by atoms with Crippen molar-refractivity contribution in [3.05, 3.63) is 28.2 Å². The quantitative estimate of drug-likeness (QED) is 0.783. The first-order valence-electron chi connectivity index (χ1n) is 9.10. The Hall–Kier alpha value is -1.56. The Balaban J connectivity index is 1.47. The zero-order valence-electron chi connectivity index (χ0n) is 14.4. The van der Waals surface area contributed by atoms with Crippen LogP contribution in [0, 0.1) is 5.92 Å². The third-order valence-electron chi connectivity index (χ3n) is 4.99. The van der Waals surface area contributed by atoms with E-state index >= 15 is 0 Å². The summed E-state index contributed by atoms with van der Waals surface area (Å²) < 4.78 is 6.59. The summed E-state index contributed by atoms with van der Waals surface area (Å²) in [6, 6.07) is 5.73. The van der Waals surface area contributed by atoms with E-state index in [4.69, 9.17) is 4.74 Å². The maximum Gasteiger partial charge on any atom is 0.239 e. The van der Waals surface area contributed by atoms with E-state index in [9.17, 15) is 9.59 Å². The summed E-state index contributed by atoms with van der Waals surface area (Å²) in [6.45, 7) is 0.611. The second-order valence-corrected chi connectivity index (χ2v) is 7.84. The van der Waals surface area contributed by atoms with Crippen LogP contribution in [0.2, 0.25) is 0 Å². The standard InChI is InChI=1S/C19H25BrN2O3/c20-14-6-7-17-15(11-14)16(8-9-25-17)22-19(24)12-21-18(23)10-13-4-2-1-3-5-13/h6-7,11,13,16H,1-5,8-10,12H2,(H,21,23)(H,22,24). The van der Waals surface area contributed by atoms with E-state index in [0.717, 1.165) is 35.0 Å². The van der Waals surface area contributed by atoms with Crippen LogP contribution in [-0.2, 0) is 9.59 Å². The van der Waals surface area contributed by atoms with E-state index < -0.39 is 0 Å². The van der Waals surface area contributed by atoms with Gasteiger partial charge in [-0.15, -0.1) is 0 Å². The highest BCUT2D eigenvalue weighted by atomic mass is 79.9. The first-order valence-corrected chi connectivity index (χ1v) is 9.89. The second kappa shape index (κ2) is 8.70. The molecule has 1 saturated carbocycles. The fraction of sp³-hybridized carbons (Fsp3) is 0.579. The number of hydrogen-bond acceptors (Lipinski definition) is 3. The van der Waals surface area contributed by atoms with Gasteiger partial charge in [0.15, 0.2) is 0 Å². The van der Waals surface area contributed by atoms with Crippen LogP contribution in [0.1, 0.15) is 56.6 Å². The molecule has 2 aliphatic rings. The van der Waals surface area contributed by atoms with E-state index in [1.165, 1.54) is 19.3 Å². The van der Waals surface area contributed by atoms with Crippen LogP contribution in [0.25, 0.3) is 0 Å². The molecule has 0 radical (unpaired) electrons. The summed E-state index contributed by atoms with van der Waals surface area (Å²) in [4.78, 5) is 24.3. The molecule has 1 aliphatic carbocycles. The average Bonchev–Trinajstić information content (AvgIpc) is 2.61. The van der Waals surface area contributed by atoms with Crippen LogP contribution in [0.4, 0.5) is 0 Å². The first kappa shape index (κ1) is 18.2. The van der Waals surface area contributed by atoms with Crippen molar-refractivity contribution in [1.82, 2.24) is 10.6 Å². The monoisotopic (exact) mass is 408 g/mol. The van der Waals surface area contributed by atoms with Gasteiger partial charge in [0.2, 0.25) is 11.8 Å². The summed E-state index contributed by atoms with van der Waals surface area (Å²) in [5.41, 5.74) is 0.975. The number of fused-ring (bicyclic) bond motifs is 1. The normalized spacial score (nSPS) is 20.3. The van der Waals surface area contributed by atoms with Gasteiger partial charge >= 0.3 is 0 Å². The molecular weight excluding hydrogens is 384 g/mol. The van der Waals surface area contributed by atoms with Crippen LogP contribution >= 0.6 is 15.9 Å². The summed E-state index contributed by atoms with van der Waals surface area (Å²) in [6.07, 6.45) is 7.25. The van der Waals surface area contributed by atoms with Gasteiger partial charge in [0, 0.05) is 22.9 Å². The second-order valence-electron chi connectivity index (χ2n) is 6.92. The number of amides is 2. The molecule has 1 aromatic carbocycles. The molecule has 1 aliphatic heterocycles. The summed E-state index contributed by atoms with van der Waals surface area (Å²) >= 11 is 3.46. The van der Waals surface area contributed by atoms with Gasteiger partial charge in [0.1, 0.15) is 5.75 Å². The van der Waals surface area contributed by atoms with E-state index in [1.807, 2.05) is 18.2 Å². The van der Waals surface area contributed by atoms with Gasteiger partial charge in [0.05, 0.1) is 19.2 Å². The molecule has 0 saturated heterocycles. The van der Waals surface area contributed by atoms with Crippen molar-refractivity contribution < 1.29 is 14.3 Å². The number of carbonyl (C=O) groups is 2. The molecule has 6 heteroatoms. The molecule has 1 atom stereocenters. The van der Waals surface area contributed by atoms with Crippen molar-refractivity contribution in [3.8, 4) is 5.75 Å². The summed E-state index contributed by atoms with van der Waals surface area (Å²) in [5.74, 6) is 1.12. The van der Waals surface area contributed by atoms with Crippen LogP contribution in [0.15, 0.2) is 22.7 Å². The van der Waals surface area contributed by atoms with Gasteiger partial charge in [-0.2, -0.15) is 0 Å². The largest absolute Gasteiger partial charge is 0.493 e. The van der Waals surface area contributed by atoms with Crippen molar-refractivity contribution in [2.75, 3.05) is 13.2 Å². The predicted molar refractivity (Wildman–Crippen MR) is 99.3 cm³/mol. The number of ether oxygens (including phenoxy) is 1. The number of halogens is 1. The van der Waals surface area contributed by atoms with Gasteiger partial charge in [-0.25, -0.2) is 0 Å². The van der Waals surface area contributed by atoms with Gasteiger partial charge in [-0.3, -0.25) is 9.59 Å². The molecule has 0 aromatic heterocycles. The van der Waals surface area contributed by atoms with Gasteiger partial charge in [0.25, 0.3) is 0 Å². The summed E-state index contributed by atoms with van der Waals surface area (Å²) in [5, 5.41) is 5.77. The van der Waals surface area contributed by atoms with Crippen LogP contribution in [-0.4, -0.2) is 25.0 Å². The average molecular weight is 409 g/mol. The minimum atomic E-state index is -0.158. The van der Waals surface area contributed by atoms with Gasteiger partial charge < -0.3 is 15.4 Å². The SMILES string of the molecule is O=C(CC1CCCCC1)NCC(=O)NC1CCOc2ccc(Br)cc21. The number of hydrogen-bond donors (Lipinski definition) is 2. The molecule has 1 fully saturated rings. The van der Waals surface area contributed by atoms with Crippen LogP contribution < -0.4 is 15.4 Å². The lowest BCUT2D eigenvalue weighted by Gasteiger charge is -2.27. The van der Waals surface area contributed by atoms with Crippen molar-refractivity contribution in [3.63, 3.8) is 0 Å². The number of carbonyl (C=O) groups excluding carboxylic acids is 2. The highest BCUT2D eigenvalue weighted by Gasteiger charge is 2.23. The molecule has 3 rings (SSSR count). The first-order chi connectivity index (χ1) is 12.1. The zero-order chi connectivity index (χ0) is 17.6. The van der Waals surface area contributed by atoms with E-state index in [-0.39, 0.29) is 24.4 Å². The Labute approximate surface area is 157 Å². The molecule has 25 heavy (non-hydrogen) atoms. The van der Waals surface area contributed by atoms with Crippen molar-refractivity contribution in [2.45, 2.75) is 51.0 Å². The number of rotatable bonds is 5. The maximum atomic E-state index is 12.2. The van der Waals surface area contributed by atoms with Crippen molar-refractivity contribution in [1.29, 1.82) is 0 Å². The van der Waals surface area contributed by atoms with Crippen LogP contribution in [0.5, 0.6) is 5.75 Å². The number of nitrogens with one attached hydrogen (secondary N) is 2. The lowest BCUT2D eigenvalue weighted by atomic mass is 9.87. The smallest absolute Gasteiger partial charge is 0.239 e. The summed E-state index contributed by atoms with van der Waals surface area (Å²) in [7, 11) is 0. The van der Waals surface area contributed by atoms with Crippen molar-refractivity contribution >= 4 is 27.7 Å². The fourth-order valence-corrected chi connectivity index (χ4v) is 4.04. The molecule has 1 heterocycles.